The van der Waals surface area contributed by atoms with Gasteiger partial charge in [0.15, 0.2) is 11.6 Å². The molecule has 7 atom stereocenters. The van der Waals surface area contributed by atoms with E-state index >= 15 is 0 Å². The van der Waals surface area contributed by atoms with E-state index in [1.54, 1.807) is 19.1 Å². The van der Waals surface area contributed by atoms with Gasteiger partial charge in [0.2, 0.25) is 10.0 Å². The van der Waals surface area contributed by atoms with Crippen molar-refractivity contribution in [2.24, 2.45) is 17.8 Å². The van der Waals surface area contributed by atoms with Gasteiger partial charge in [0.1, 0.15) is 11.3 Å². The number of morpholine rings is 1. The first-order valence-electron chi connectivity index (χ1n) is 19.5. The zero-order valence-corrected chi connectivity index (χ0v) is 32.8. The van der Waals surface area contributed by atoms with Crippen LogP contribution in [0.3, 0.4) is 0 Å². The maximum atomic E-state index is 13.6. The summed E-state index contributed by atoms with van der Waals surface area (Å²) in [6.45, 7) is 11.6. The summed E-state index contributed by atoms with van der Waals surface area (Å²) in [6, 6.07) is 9.96. The van der Waals surface area contributed by atoms with E-state index in [0.29, 0.717) is 49.6 Å². The fourth-order valence-electron chi connectivity index (χ4n) is 9.96. The number of ether oxygens (including phenoxy) is 3. The van der Waals surface area contributed by atoms with Crippen molar-refractivity contribution in [3.8, 4) is 5.75 Å². The SMILES string of the molecule is CO[C@@]1(CN2CCN3CCOC[C@@H]3C2)/C=C/C[C@H](C)[C@@H](C)S(=O)(=O)NC(=O)c2ccc3c(n2)N(C[C@@H]2CC[C@H]21)C[C@@]1(CCCc2cc(Cl)ccc21)CO3. The molecule has 1 N–H and O–H groups in total. The van der Waals surface area contributed by atoms with Crippen molar-refractivity contribution < 1.29 is 27.4 Å². The lowest BCUT2D eigenvalue weighted by atomic mass is 9.63. The fourth-order valence-corrected chi connectivity index (χ4v) is 11.4. The van der Waals surface area contributed by atoms with E-state index in [1.807, 2.05) is 20.1 Å². The number of carbonyl (C=O) groups excluding carboxylic acids is 1. The summed E-state index contributed by atoms with van der Waals surface area (Å²) in [5.41, 5.74) is 1.69. The maximum Gasteiger partial charge on any atom is 0.283 e. The summed E-state index contributed by atoms with van der Waals surface area (Å²) < 4.78 is 48.8. The highest BCUT2D eigenvalue weighted by molar-refractivity contribution is 7.90. The average Bonchev–Trinajstić information content (AvgIpc) is 3.28. The molecule has 0 radical (unpaired) electrons. The summed E-state index contributed by atoms with van der Waals surface area (Å²) >= 11 is 6.50. The van der Waals surface area contributed by atoms with Gasteiger partial charge in [0.25, 0.3) is 5.91 Å². The summed E-state index contributed by atoms with van der Waals surface area (Å²) in [5, 5.41) is -0.0736. The Morgan fingerprint density at radius 2 is 1.98 bits per heavy atom. The third kappa shape index (κ3) is 7.13. The Balaban J connectivity index is 1.19. The number of sulfonamides is 1. The molecule has 4 aliphatic heterocycles. The number of hydrogen-bond donors (Lipinski definition) is 1. The minimum Gasteiger partial charge on any atom is -0.489 e. The van der Waals surface area contributed by atoms with Crippen molar-refractivity contribution >= 4 is 33.3 Å². The summed E-state index contributed by atoms with van der Waals surface area (Å²) in [7, 11) is -2.16. The molecule has 6 aliphatic rings. The number of nitrogens with zero attached hydrogens (tertiary/aromatic N) is 4. The average molecular weight is 768 g/mol. The van der Waals surface area contributed by atoms with Crippen LogP contribution in [-0.2, 0) is 31.3 Å². The molecule has 1 amide bonds. The first kappa shape index (κ1) is 37.2. The molecular formula is C40H54ClN5O6S. The Morgan fingerprint density at radius 3 is 2.79 bits per heavy atom. The van der Waals surface area contributed by atoms with Crippen LogP contribution in [0.4, 0.5) is 5.82 Å². The van der Waals surface area contributed by atoms with Gasteiger partial charge in [-0.3, -0.25) is 14.6 Å². The van der Waals surface area contributed by atoms with Crippen LogP contribution in [0.25, 0.3) is 0 Å². The first-order valence-corrected chi connectivity index (χ1v) is 21.4. The van der Waals surface area contributed by atoms with Crippen molar-refractivity contribution in [3.63, 3.8) is 0 Å². The lowest BCUT2D eigenvalue weighted by Crippen LogP contribution is -2.62. The topological polar surface area (TPSA) is 114 Å². The van der Waals surface area contributed by atoms with Crippen molar-refractivity contribution in [3.05, 3.63) is 64.3 Å². The zero-order valence-electron chi connectivity index (χ0n) is 31.3. The molecule has 2 aliphatic carbocycles. The number of hydrogen-bond acceptors (Lipinski definition) is 10. The number of halogens is 1. The van der Waals surface area contributed by atoms with Gasteiger partial charge in [-0.25, -0.2) is 18.1 Å². The molecule has 1 aromatic heterocycles. The Bertz CT molecular complexity index is 1850. The molecule has 0 unspecified atom stereocenters. The Hall–Kier alpha value is -2.74. The van der Waals surface area contributed by atoms with Crippen molar-refractivity contribution in [1.29, 1.82) is 0 Å². The first-order chi connectivity index (χ1) is 25.5. The second kappa shape index (κ2) is 14.7. The Kier molecular flexibility index (Phi) is 10.3. The number of pyridine rings is 1. The second-order valence-corrected chi connectivity index (χ2v) is 19.0. The molecule has 3 fully saturated rings. The van der Waals surface area contributed by atoms with E-state index in [9.17, 15) is 13.2 Å². The maximum absolute atomic E-state index is 13.6. The van der Waals surface area contributed by atoms with E-state index in [-0.39, 0.29) is 22.9 Å². The smallest absolute Gasteiger partial charge is 0.283 e. The number of aryl methyl sites for hydroxylation is 1. The van der Waals surface area contributed by atoms with Gasteiger partial charge in [-0.2, -0.15) is 0 Å². The minimum atomic E-state index is -4.00. The van der Waals surface area contributed by atoms with Crippen LogP contribution in [0.15, 0.2) is 42.5 Å². The highest BCUT2D eigenvalue weighted by Crippen LogP contribution is 2.49. The number of allylic oxidation sites excluding steroid dienone is 1. The quantitative estimate of drug-likeness (QED) is 0.442. The number of fused-ring (bicyclic) bond motifs is 5. The van der Waals surface area contributed by atoms with Crippen LogP contribution in [-0.4, -0.2) is 119 Å². The number of nitrogens with one attached hydrogen (secondary N) is 1. The summed E-state index contributed by atoms with van der Waals surface area (Å²) in [5.74, 6) is 0.730. The van der Waals surface area contributed by atoms with Crippen molar-refractivity contribution in [2.75, 3.05) is 77.6 Å². The van der Waals surface area contributed by atoms with Crippen LogP contribution in [0.2, 0.25) is 5.02 Å². The van der Waals surface area contributed by atoms with Gasteiger partial charge in [-0.1, -0.05) is 36.7 Å². The predicted octanol–water partition coefficient (Wildman–Crippen LogP) is 4.68. The molecule has 2 saturated heterocycles. The third-order valence-corrected chi connectivity index (χ3v) is 15.6. The van der Waals surface area contributed by atoms with Crippen LogP contribution >= 0.6 is 11.6 Å². The molecule has 2 aromatic rings. The number of aromatic nitrogens is 1. The van der Waals surface area contributed by atoms with Crippen LogP contribution < -0.4 is 14.4 Å². The van der Waals surface area contributed by atoms with E-state index in [1.165, 1.54) is 11.1 Å². The van der Waals surface area contributed by atoms with Gasteiger partial charge < -0.3 is 19.1 Å². The highest BCUT2D eigenvalue weighted by Gasteiger charge is 2.50. The number of benzene rings is 1. The van der Waals surface area contributed by atoms with E-state index in [2.05, 4.69) is 43.7 Å². The summed E-state index contributed by atoms with van der Waals surface area (Å²) in [4.78, 5) is 25.9. The van der Waals surface area contributed by atoms with Crippen molar-refractivity contribution in [1.82, 2.24) is 19.5 Å². The third-order valence-electron chi connectivity index (χ3n) is 13.4. The normalized spacial score (nSPS) is 35.4. The number of carbonyl (C=O) groups is 1. The Morgan fingerprint density at radius 1 is 1.11 bits per heavy atom. The zero-order chi connectivity index (χ0) is 37.0. The van der Waals surface area contributed by atoms with Gasteiger partial charge in [0, 0.05) is 69.4 Å². The lowest BCUT2D eigenvalue weighted by Gasteiger charge is -2.53. The number of anilines is 1. The molecule has 5 heterocycles. The molecule has 2 bridgehead atoms. The minimum absolute atomic E-state index is 0.0572. The van der Waals surface area contributed by atoms with Crippen LogP contribution in [0.5, 0.6) is 5.75 Å². The highest BCUT2D eigenvalue weighted by atomic mass is 35.5. The number of rotatable bonds is 3. The lowest BCUT2D eigenvalue weighted by molar-refractivity contribution is -0.108. The van der Waals surface area contributed by atoms with Gasteiger partial charge >= 0.3 is 0 Å². The molecule has 11 nitrogen and oxygen atoms in total. The molecule has 13 heteroatoms. The van der Waals surface area contributed by atoms with E-state index in [0.717, 1.165) is 83.1 Å². The van der Waals surface area contributed by atoms with Crippen molar-refractivity contribution in [2.45, 2.75) is 74.7 Å². The number of amides is 1. The molecule has 288 valence electrons. The number of piperazine rings is 1. The molecule has 1 aromatic carbocycles. The second-order valence-electron chi connectivity index (χ2n) is 16.5. The van der Waals surface area contributed by atoms with E-state index < -0.39 is 26.8 Å². The predicted molar refractivity (Wildman–Crippen MR) is 205 cm³/mol. The molecule has 1 spiro atoms. The van der Waals surface area contributed by atoms with Gasteiger partial charge in [0.05, 0.1) is 25.1 Å². The summed E-state index contributed by atoms with van der Waals surface area (Å²) in [6.07, 6.45) is 9.91. The van der Waals surface area contributed by atoms with Crippen LogP contribution in [0, 0.1) is 17.8 Å². The van der Waals surface area contributed by atoms with Gasteiger partial charge in [-0.15, -0.1) is 0 Å². The standard InChI is InChI=1S/C40H54ClN5O6S/c1-27-6-4-15-40(50-3,25-44-16-17-45-18-19-51-23-32(45)22-44)34-10-8-30(34)21-46-24-39(14-5-7-29-20-31(41)9-11-33(29)39)26-52-36-13-12-35(42-37(36)46)38(47)43-53(48,49)28(27)2/h4,9,11-13,15,20,27-28,30,32,34H,5-8,10,14,16-19,21-26H2,1-3H3,(H,43,47)/b15-4+/t27-,28+,30-,32-,34+,39-,40+/m0/s1. The molecule has 53 heavy (non-hydrogen) atoms. The van der Waals surface area contributed by atoms with E-state index in [4.69, 9.17) is 30.8 Å². The Labute approximate surface area is 319 Å². The van der Waals surface area contributed by atoms with Gasteiger partial charge in [-0.05, 0) is 98.6 Å². The monoisotopic (exact) mass is 767 g/mol. The molecular weight excluding hydrogens is 714 g/mol. The molecule has 8 rings (SSSR count). The largest absolute Gasteiger partial charge is 0.489 e. The van der Waals surface area contributed by atoms with Crippen LogP contribution in [0.1, 0.15) is 67.6 Å². The number of methoxy groups -OCH3 is 1. The fraction of sp³-hybridized carbons (Fsp3) is 0.650. The molecule has 1 saturated carbocycles.